The first-order valence-corrected chi connectivity index (χ1v) is 4.83. The minimum absolute atomic E-state index is 0.315. The summed E-state index contributed by atoms with van der Waals surface area (Å²) in [5, 5.41) is 6.94. The fourth-order valence-electron chi connectivity index (χ4n) is 1.21. The van der Waals surface area contributed by atoms with Crippen molar-refractivity contribution in [2.24, 2.45) is 0 Å². The van der Waals surface area contributed by atoms with E-state index in [1.165, 1.54) is 0 Å². The van der Waals surface area contributed by atoms with Crippen LogP contribution in [0.3, 0.4) is 0 Å². The highest BCUT2D eigenvalue weighted by atomic mass is 16.5. The van der Waals surface area contributed by atoms with Crippen LogP contribution in [0.15, 0.2) is 27.3 Å². The normalized spacial score (nSPS) is 12.9. The third-order valence-corrected chi connectivity index (χ3v) is 2.18. The molecule has 2 aromatic heterocycles. The molecule has 80 valence electrons. The van der Waals surface area contributed by atoms with Crippen molar-refractivity contribution in [3.63, 3.8) is 0 Å². The topological polar surface area (TPSA) is 64.1 Å². The quantitative estimate of drug-likeness (QED) is 0.822. The molecule has 0 aliphatic rings. The highest BCUT2D eigenvalue weighted by Gasteiger charge is 2.12. The van der Waals surface area contributed by atoms with Gasteiger partial charge in [-0.15, -0.1) is 0 Å². The summed E-state index contributed by atoms with van der Waals surface area (Å²) in [4.78, 5) is 4.23. The maximum atomic E-state index is 5.16. The lowest BCUT2D eigenvalue weighted by molar-refractivity contribution is 0.364. The van der Waals surface area contributed by atoms with Crippen LogP contribution in [0.5, 0.6) is 0 Å². The summed E-state index contributed by atoms with van der Waals surface area (Å²) in [6.45, 7) is 2.05. The van der Waals surface area contributed by atoms with Crippen molar-refractivity contribution < 1.29 is 8.94 Å². The summed E-state index contributed by atoms with van der Waals surface area (Å²) >= 11 is 0. The van der Waals surface area contributed by atoms with Crippen LogP contribution in [0.2, 0.25) is 0 Å². The third-order valence-electron chi connectivity index (χ3n) is 2.18. The summed E-state index contributed by atoms with van der Waals surface area (Å²) in [6, 6.07) is 3.91. The van der Waals surface area contributed by atoms with Crippen LogP contribution >= 0.6 is 0 Å². The smallest absolute Gasteiger partial charge is 0.238 e. The number of likely N-dealkylation sites (N-methyl/N-ethyl adjacent to an activating group) is 1. The first-order chi connectivity index (χ1) is 7.29. The van der Waals surface area contributed by atoms with Gasteiger partial charge in [0.05, 0.1) is 6.26 Å². The van der Waals surface area contributed by atoms with Gasteiger partial charge in [0.1, 0.15) is 0 Å². The van der Waals surface area contributed by atoms with Gasteiger partial charge in [-0.05, 0) is 26.1 Å². The van der Waals surface area contributed by atoms with Gasteiger partial charge in [-0.1, -0.05) is 5.16 Å². The first-order valence-electron chi connectivity index (χ1n) is 4.83. The number of nitrogens with zero attached hydrogens (tertiary/aromatic N) is 2. The molecule has 2 rings (SSSR count). The monoisotopic (exact) mass is 207 g/mol. The predicted octanol–water partition coefficient (Wildman–Crippen LogP) is 1.48. The van der Waals surface area contributed by atoms with Gasteiger partial charge < -0.3 is 14.3 Å². The highest BCUT2D eigenvalue weighted by molar-refractivity contribution is 5.44. The molecule has 1 unspecified atom stereocenters. The van der Waals surface area contributed by atoms with E-state index in [1.807, 2.05) is 7.05 Å². The van der Waals surface area contributed by atoms with E-state index in [4.69, 9.17) is 8.94 Å². The zero-order valence-corrected chi connectivity index (χ0v) is 8.73. The second kappa shape index (κ2) is 4.27. The minimum atomic E-state index is 0.315. The largest absolute Gasteiger partial charge is 0.461 e. The molecule has 0 amide bonds. The molecule has 0 radical (unpaired) electrons. The Balaban J connectivity index is 2.11. The van der Waals surface area contributed by atoms with Crippen molar-refractivity contribution in [2.75, 3.05) is 7.05 Å². The van der Waals surface area contributed by atoms with Crippen LogP contribution in [0.1, 0.15) is 12.8 Å². The van der Waals surface area contributed by atoms with Crippen LogP contribution in [-0.2, 0) is 6.42 Å². The molecule has 2 aromatic rings. The summed E-state index contributed by atoms with van der Waals surface area (Å²) < 4.78 is 10.3. The van der Waals surface area contributed by atoms with Gasteiger partial charge in [0.15, 0.2) is 5.76 Å². The molecule has 5 nitrogen and oxygen atoms in total. The predicted molar refractivity (Wildman–Crippen MR) is 54.2 cm³/mol. The number of furan rings is 1. The van der Waals surface area contributed by atoms with Gasteiger partial charge in [0.2, 0.25) is 11.7 Å². The summed E-state index contributed by atoms with van der Waals surface area (Å²) in [5.74, 6) is 1.74. The molecule has 0 aliphatic carbocycles. The molecule has 0 saturated heterocycles. The molecule has 0 saturated carbocycles. The molecule has 0 spiro atoms. The molecule has 0 aliphatic heterocycles. The van der Waals surface area contributed by atoms with E-state index >= 15 is 0 Å². The van der Waals surface area contributed by atoms with Crippen LogP contribution in [0, 0.1) is 0 Å². The number of nitrogens with one attached hydrogen (secondary N) is 1. The van der Waals surface area contributed by atoms with Gasteiger partial charge in [-0.3, -0.25) is 0 Å². The number of hydrogen-bond donors (Lipinski definition) is 1. The van der Waals surface area contributed by atoms with E-state index in [1.54, 1.807) is 18.4 Å². The van der Waals surface area contributed by atoms with E-state index in [0.29, 0.717) is 29.9 Å². The van der Waals surface area contributed by atoms with Crippen LogP contribution in [0.4, 0.5) is 0 Å². The fourth-order valence-corrected chi connectivity index (χ4v) is 1.21. The average Bonchev–Trinajstić information content (AvgIpc) is 2.85. The van der Waals surface area contributed by atoms with Crippen LogP contribution in [0.25, 0.3) is 11.6 Å². The van der Waals surface area contributed by atoms with E-state index in [9.17, 15) is 0 Å². The minimum Gasteiger partial charge on any atom is -0.461 e. The van der Waals surface area contributed by atoms with E-state index in [-0.39, 0.29) is 0 Å². The molecule has 5 heteroatoms. The summed E-state index contributed by atoms with van der Waals surface area (Å²) in [5.41, 5.74) is 0. The molecule has 1 atom stereocenters. The lowest BCUT2D eigenvalue weighted by atomic mass is 10.2. The lowest BCUT2D eigenvalue weighted by Gasteiger charge is -2.04. The fraction of sp³-hybridized carbons (Fsp3) is 0.400. The van der Waals surface area contributed by atoms with Crippen LogP contribution in [-0.4, -0.2) is 23.2 Å². The molecular formula is C10H13N3O2. The Morgan fingerprint density at radius 2 is 2.40 bits per heavy atom. The first kappa shape index (κ1) is 9.92. The standard InChI is InChI=1S/C10H13N3O2/c1-7(11-2)6-9-12-10(13-15-9)8-4-3-5-14-8/h3-5,7,11H,6H2,1-2H3. The Hall–Kier alpha value is -1.62. The average molecular weight is 207 g/mol. The van der Waals surface area contributed by atoms with Gasteiger partial charge >= 0.3 is 0 Å². The Morgan fingerprint density at radius 3 is 3.07 bits per heavy atom. The van der Waals surface area contributed by atoms with Crippen molar-refractivity contribution in [3.8, 4) is 11.6 Å². The molecule has 0 aromatic carbocycles. The summed E-state index contributed by atoms with van der Waals surface area (Å²) in [6.07, 6.45) is 2.30. The van der Waals surface area contributed by atoms with Gasteiger partial charge in [0, 0.05) is 12.5 Å². The molecule has 2 heterocycles. The molecule has 0 fully saturated rings. The number of aromatic nitrogens is 2. The van der Waals surface area contributed by atoms with Crippen molar-refractivity contribution in [1.82, 2.24) is 15.5 Å². The van der Waals surface area contributed by atoms with Gasteiger partial charge in [-0.25, -0.2) is 0 Å². The molecule has 15 heavy (non-hydrogen) atoms. The number of rotatable bonds is 4. The van der Waals surface area contributed by atoms with Crippen molar-refractivity contribution in [1.29, 1.82) is 0 Å². The number of hydrogen-bond acceptors (Lipinski definition) is 5. The Morgan fingerprint density at radius 1 is 1.53 bits per heavy atom. The maximum absolute atomic E-state index is 5.16. The van der Waals surface area contributed by atoms with Crippen molar-refractivity contribution in [3.05, 3.63) is 24.3 Å². The Kier molecular flexibility index (Phi) is 2.82. The zero-order chi connectivity index (χ0) is 10.7. The highest BCUT2D eigenvalue weighted by Crippen LogP contribution is 2.16. The lowest BCUT2D eigenvalue weighted by Crippen LogP contribution is -2.23. The SMILES string of the molecule is CNC(C)Cc1nc(-c2ccco2)no1. The van der Waals surface area contributed by atoms with Gasteiger partial charge in [-0.2, -0.15) is 4.98 Å². The molecule has 0 bridgehead atoms. The van der Waals surface area contributed by atoms with E-state index in [2.05, 4.69) is 22.4 Å². The maximum Gasteiger partial charge on any atom is 0.238 e. The van der Waals surface area contributed by atoms with E-state index in [0.717, 1.165) is 0 Å². The van der Waals surface area contributed by atoms with E-state index < -0.39 is 0 Å². The second-order valence-electron chi connectivity index (χ2n) is 3.38. The van der Waals surface area contributed by atoms with Crippen LogP contribution < -0.4 is 5.32 Å². The van der Waals surface area contributed by atoms with Crippen molar-refractivity contribution in [2.45, 2.75) is 19.4 Å². The van der Waals surface area contributed by atoms with Crippen molar-refractivity contribution >= 4 is 0 Å². The molecule has 1 N–H and O–H groups in total. The Bertz CT molecular complexity index is 408. The summed E-state index contributed by atoms with van der Waals surface area (Å²) in [7, 11) is 1.90. The third kappa shape index (κ3) is 2.24. The second-order valence-corrected chi connectivity index (χ2v) is 3.38. The Labute approximate surface area is 87.5 Å². The molecular weight excluding hydrogens is 194 g/mol. The van der Waals surface area contributed by atoms with Gasteiger partial charge in [0.25, 0.3) is 0 Å². The zero-order valence-electron chi connectivity index (χ0n) is 8.73.